The van der Waals surface area contributed by atoms with Gasteiger partial charge in [0.1, 0.15) is 11.3 Å². The number of benzene rings is 3. The Morgan fingerprint density at radius 2 is 1.69 bits per heavy atom. The summed E-state index contributed by atoms with van der Waals surface area (Å²) in [7, 11) is 0. The van der Waals surface area contributed by atoms with Crippen molar-refractivity contribution in [3.05, 3.63) is 89.8 Å². The van der Waals surface area contributed by atoms with Gasteiger partial charge in [-0.2, -0.15) is 0 Å². The van der Waals surface area contributed by atoms with E-state index in [1.807, 2.05) is 72.8 Å². The third-order valence-corrected chi connectivity index (χ3v) is 4.63. The predicted molar refractivity (Wildman–Crippen MR) is 113 cm³/mol. The molecule has 0 fully saturated rings. The molecule has 0 unspecified atom stereocenters. The fourth-order valence-corrected chi connectivity index (χ4v) is 3.04. The number of aromatic nitrogens is 1. The first-order valence-electron chi connectivity index (χ1n) is 9.64. The van der Waals surface area contributed by atoms with Crippen LogP contribution in [0.2, 0.25) is 0 Å². The van der Waals surface area contributed by atoms with Crippen molar-refractivity contribution in [2.24, 2.45) is 0 Å². The minimum Gasteiger partial charge on any atom is -0.484 e. The summed E-state index contributed by atoms with van der Waals surface area (Å²) in [6, 6.07) is 23.1. The molecule has 1 aromatic heterocycles. The van der Waals surface area contributed by atoms with Crippen LogP contribution < -0.4 is 10.1 Å². The number of ether oxygens (including phenoxy) is 1. The van der Waals surface area contributed by atoms with Gasteiger partial charge >= 0.3 is 0 Å². The molecule has 0 radical (unpaired) electrons. The van der Waals surface area contributed by atoms with Crippen LogP contribution in [0.1, 0.15) is 23.9 Å². The Balaban J connectivity index is 1.30. The first-order chi connectivity index (χ1) is 14.2. The Morgan fingerprint density at radius 3 is 2.41 bits per heavy atom. The summed E-state index contributed by atoms with van der Waals surface area (Å²) in [4.78, 5) is 16.6. The second kappa shape index (κ2) is 8.61. The average molecular weight is 386 g/mol. The van der Waals surface area contributed by atoms with Crippen molar-refractivity contribution in [3.8, 4) is 5.75 Å². The molecule has 0 aliphatic carbocycles. The van der Waals surface area contributed by atoms with E-state index in [1.54, 1.807) is 0 Å². The highest BCUT2D eigenvalue weighted by Gasteiger charge is 2.07. The van der Waals surface area contributed by atoms with Crippen LogP contribution in [0.25, 0.3) is 11.1 Å². The summed E-state index contributed by atoms with van der Waals surface area (Å²) in [5.41, 5.74) is 4.66. The second-order valence-corrected chi connectivity index (χ2v) is 6.78. The number of amides is 1. The molecule has 0 spiro atoms. The van der Waals surface area contributed by atoms with Crippen molar-refractivity contribution in [1.82, 2.24) is 4.98 Å². The number of carbonyl (C=O) groups excluding carboxylic acids is 1. The van der Waals surface area contributed by atoms with E-state index in [9.17, 15) is 4.79 Å². The highest BCUT2D eigenvalue weighted by molar-refractivity contribution is 5.91. The molecular formula is C24H22N2O3. The number of hydrogen-bond donors (Lipinski definition) is 1. The Labute approximate surface area is 169 Å². The standard InChI is InChI=1S/C24H22N2O3/c1-2-17-9-13-20(14-10-17)28-16-23(27)25-19-11-7-18(8-12-19)15-24-26-21-5-3-4-6-22(21)29-24/h3-14H,2,15-16H2,1H3,(H,25,27). The highest BCUT2D eigenvalue weighted by atomic mass is 16.5. The van der Waals surface area contributed by atoms with Gasteiger partial charge in [0.2, 0.25) is 0 Å². The van der Waals surface area contributed by atoms with Crippen LogP contribution in [0.5, 0.6) is 5.75 Å². The van der Waals surface area contributed by atoms with Gasteiger partial charge in [-0.05, 0) is 53.9 Å². The first kappa shape index (κ1) is 18.7. The molecule has 5 nitrogen and oxygen atoms in total. The van der Waals surface area contributed by atoms with Crippen LogP contribution in [0.15, 0.2) is 77.2 Å². The van der Waals surface area contributed by atoms with Crippen LogP contribution in [-0.2, 0) is 17.6 Å². The molecule has 0 atom stereocenters. The zero-order chi connectivity index (χ0) is 20.1. The van der Waals surface area contributed by atoms with Crippen LogP contribution in [-0.4, -0.2) is 17.5 Å². The molecule has 5 heteroatoms. The highest BCUT2D eigenvalue weighted by Crippen LogP contribution is 2.19. The van der Waals surface area contributed by atoms with Crippen LogP contribution in [0.3, 0.4) is 0 Å². The largest absolute Gasteiger partial charge is 0.484 e. The molecule has 0 aliphatic heterocycles. The smallest absolute Gasteiger partial charge is 0.262 e. The van der Waals surface area contributed by atoms with Gasteiger partial charge in [0.05, 0.1) is 0 Å². The summed E-state index contributed by atoms with van der Waals surface area (Å²) < 4.78 is 11.3. The fraction of sp³-hybridized carbons (Fsp3) is 0.167. The third-order valence-electron chi connectivity index (χ3n) is 4.63. The number of anilines is 1. The van der Waals surface area contributed by atoms with Crippen molar-refractivity contribution in [3.63, 3.8) is 0 Å². The number of rotatable bonds is 7. The minimum atomic E-state index is -0.198. The van der Waals surface area contributed by atoms with Crippen molar-refractivity contribution < 1.29 is 13.9 Å². The molecule has 0 saturated heterocycles. The number of fused-ring (bicyclic) bond motifs is 1. The average Bonchev–Trinajstić information content (AvgIpc) is 3.16. The van der Waals surface area contributed by atoms with Gasteiger partial charge < -0.3 is 14.5 Å². The number of nitrogens with zero attached hydrogens (tertiary/aromatic N) is 1. The maximum absolute atomic E-state index is 12.1. The molecule has 0 bridgehead atoms. The number of hydrogen-bond acceptors (Lipinski definition) is 4. The second-order valence-electron chi connectivity index (χ2n) is 6.78. The third kappa shape index (κ3) is 4.82. The molecule has 4 aromatic rings. The van der Waals surface area contributed by atoms with Gasteiger partial charge in [0, 0.05) is 12.1 Å². The zero-order valence-electron chi connectivity index (χ0n) is 16.2. The normalized spacial score (nSPS) is 10.8. The summed E-state index contributed by atoms with van der Waals surface area (Å²) in [5.74, 6) is 1.16. The van der Waals surface area contributed by atoms with Crippen molar-refractivity contribution in [1.29, 1.82) is 0 Å². The van der Waals surface area contributed by atoms with E-state index in [4.69, 9.17) is 9.15 Å². The first-order valence-corrected chi connectivity index (χ1v) is 9.64. The van der Waals surface area contributed by atoms with E-state index in [-0.39, 0.29) is 12.5 Å². The van der Waals surface area contributed by atoms with E-state index < -0.39 is 0 Å². The summed E-state index contributed by atoms with van der Waals surface area (Å²) in [5, 5.41) is 2.84. The van der Waals surface area contributed by atoms with Gasteiger partial charge in [-0.15, -0.1) is 0 Å². The lowest BCUT2D eigenvalue weighted by molar-refractivity contribution is -0.118. The predicted octanol–water partition coefficient (Wildman–Crippen LogP) is 5.00. The Morgan fingerprint density at radius 1 is 0.966 bits per heavy atom. The molecule has 0 saturated carbocycles. The van der Waals surface area contributed by atoms with Crippen molar-refractivity contribution >= 4 is 22.7 Å². The monoisotopic (exact) mass is 386 g/mol. The van der Waals surface area contributed by atoms with Crippen molar-refractivity contribution in [2.75, 3.05) is 11.9 Å². The molecule has 3 aromatic carbocycles. The molecule has 1 heterocycles. The summed E-state index contributed by atoms with van der Waals surface area (Å²) >= 11 is 0. The van der Waals surface area contributed by atoms with Gasteiger partial charge in [0.15, 0.2) is 18.1 Å². The van der Waals surface area contributed by atoms with E-state index in [2.05, 4.69) is 17.2 Å². The van der Waals surface area contributed by atoms with Gasteiger partial charge in [-0.3, -0.25) is 4.79 Å². The maximum atomic E-state index is 12.1. The number of carbonyl (C=O) groups is 1. The zero-order valence-corrected chi connectivity index (χ0v) is 16.2. The topological polar surface area (TPSA) is 64.4 Å². The SMILES string of the molecule is CCc1ccc(OCC(=O)Nc2ccc(Cc3nc4ccccc4o3)cc2)cc1. The molecule has 4 rings (SSSR count). The van der Waals surface area contributed by atoms with Gasteiger partial charge in [-0.1, -0.05) is 43.3 Å². The molecule has 146 valence electrons. The lowest BCUT2D eigenvalue weighted by Gasteiger charge is -2.08. The number of para-hydroxylation sites is 2. The number of aryl methyl sites for hydroxylation is 1. The Bertz CT molecular complexity index is 1070. The molecule has 29 heavy (non-hydrogen) atoms. The minimum absolute atomic E-state index is 0.0316. The van der Waals surface area contributed by atoms with Crippen LogP contribution in [0.4, 0.5) is 5.69 Å². The lowest BCUT2D eigenvalue weighted by atomic mass is 10.1. The van der Waals surface area contributed by atoms with Gasteiger partial charge in [-0.25, -0.2) is 4.98 Å². The number of nitrogens with one attached hydrogen (secondary N) is 1. The molecule has 1 N–H and O–H groups in total. The van der Waals surface area contributed by atoms with Gasteiger partial charge in [0.25, 0.3) is 5.91 Å². The van der Waals surface area contributed by atoms with E-state index in [1.165, 1.54) is 5.56 Å². The van der Waals surface area contributed by atoms with E-state index in [0.29, 0.717) is 18.1 Å². The van der Waals surface area contributed by atoms with Crippen LogP contribution >= 0.6 is 0 Å². The van der Waals surface area contributed by atoms with E-state index >= 15 is 0 Å². The Hall–Kier alpha value is -3.60. The quantitative estimate of drug-likeness (QED) is 0.485. The molecule has 1 amide bonds. The summed E-state index contributed by atoms with van der Waals surface area (Å²) in [6.45, 7) is 2.07. The Kier molecular flexibility index (Phi) is 5.56. The molecular weight excluding hydrogens is 364 g/mol. The van der Waals surface area contributed by atoms with E-state index in [0.717, 1.165) is 28.8 Å². The lowest BCUT2D eigenvalue weighted by Crippen LogP contribution is -2.20. The fourth-order valence-electron chi connectivity index (χ4n) is 3.04. The summed E-state index contributed by atoms with van der Waals surface area (Å²) in [6.07, 6.45) is 1.57. The maximum Gasteiger partial charge on any atom is 0.262 e. The molecule has 0 aliphatic rings. The van der Waals surface area contributed by atoms with Crippen LogP contribution in [0, 0.1) is 0 Å². The number of oxazole rings is 1. The van der Waals surface area contributed by atoms with Crippen molar-refractivity contribution in [2.45, 2.75) is 19.8 Å².